The van der Waals surface area contributed by atoms with Crippen molar-refractivity contribution in [3.05, 3.63) is 0 Å². The molecule has 0 aliphatic rings. The lowest BCUT2D eigenvalue weighted by molar-refractivity contribution is -0.138. The second-order valence-electron chi connectivity index (χ2n) is 3.97. The molecule has 2 amide bonds. The standard InChI is InChI=1S/C9H17N3O6S/c1-5(10)8(14)12-4-11-7(13)3-6(9(15)16)19(2,17)18/h5-6H,3-4,10H2,1-2H3,(H,11,13)(H,12,14)(H,15,16). The molecule has 0 saturated carbocycles. The van der Waals surface area contributed by atoms with Crippen LogP contribution in [0.3, 0.4) is 0 Å². The Morgan fingerprint density at radius 2 is 1.79 bits per heavy atom. The van der Waals surface area contributed by atoms with Crippen LogP contribution in [-0.2, 0) is 24.2 Å². The minimum Gasteiger partial charge on any atom is -0.480 e. The molecular formula is C9H17N3O6S. The minimum absolute atomic E-state index is 0.255. The van der Waals surface area contributed by atoms with Crippen LogP contribution >= 0.6 is 0 Å². The van der Waals surface area contributed by atoms with Crippen molar-refractivity contribution in [3.63, 3.8) is 0 Å². The molecule has 10 heteroatoms. The van der Waals surface area contributed by atoms with Crippen LogP contribution in [0.4, 0.5) is 0 Å². The van der Waals surface area contributed by atoms with Gasteiger partial charge in [-0.3, -0.25) is 14.4 Å². The summed E-state index contributed by atoms with van der Waals surface area (Å²) in [6, 6.07) is -0.750. The van der Waals surface area contributed by atoms with E-state index < -0.39 is 45.3 Å². The molecule has 0 spiro atoms. The van der Waals surface area contributed by atoms with Crippen LogP contribution in [-0.4, -0.2) is 55.5 Å². The van der Waals surface area contributed by atoms with E-state index >= 15 is 0 Å². The number of hydrogen-bond donors (Lipinski definition) is 4. The maximum atomic E-state index is 11.3. The van der Waals surface area contributed by atoms with E-state index in [9.17, 15) is 22.8 Å². The maximum Gasteiger partial charge on any atom is 0.322 e. The Morgan fingerprint density at radius 3 is 2.16 bits per heavy atom. The summed E-state index contributed by atoms with van der Waals surface area (Å²) in [4.78, 5) is 33.1. The third kappa shape index (κ3) is 6.72. The van der Waals surface area contributed by atoms with Crippen molar-refractivity contribution < 1.29 is 27.9 Å². The van der Waals surface area contributed by atoms with E-state index in [0.717, 1.165) is 6.26 Å². The van der Waals surface area contributed by atoms with E-state index in [0.29, 0.717) is 0 Å². The number of hydrogen-bond acceptors (Lipinski definition) is 6. The molecule has 2 atom stereocenters. The van der Waals surface area contributed by atoms with Crippen molar-refractivity contribution in [1.29, 1.82) is 0 Å². The number of sulfone groups is 1. The Balaban J connectivity index is 4.31. The number of carboxylic acid groups (broad SMARTS) is 1. The molecule has 0 aromatic carbocycles. The smallest absolute Gasteiger partial charge is 0.322 e. The fraction of sp³-hybridized carbons (Fsp3) is 0.667. The summed E-state index contributed by atoms with van der Waals surface area (Å²) in [5.74, 6) is -2.90. The highest BCUT2D eigenvalue weighted by atomic mass is 32.2. The zero-order chi connectivity index (χ0) is 15.2. The van der Waals surface area contributed by atoms with Crippen molar-refractivity contribution in [3.8, 4) is 0 Å². The normalized spacial score (nSPS) is 14.3. The summed E-state index contributed by atoms with van der Waals surface area (Å²) < 4.78 is 22.3. The number of carbonyl (C=O) groups is 3. The van der Waals surface area contributed by atoms with Gasteiger partial charge in [-0.15, -0.1) is 0 Å². The van der Waals surface area contributed by atoms with Crippen LogP contribution < -0.4 is 16.4 Å². The maximum absolute atomic E-state index is 11.3. The van der Waals surface area contributed by atoms with Crippen molar-refractivity contribution in [2.24, 2.45) is 5.73 Å². The highest BCUT2D eigenvalue weighted by Gasteiger charge is 2.30. The SMILES string of the molecule is CC(N)C(=O)NCNC(=O)CC(C(=O)O)S(C)(=O)=O. The molecule has 0 aliphatic heterocycles. The highest BCUT2D eigenvalue weighted by molar-refractivity contribution is 7.92. The zero-order valence-electron chi connectivity index (χ0n) is 10.5. The summed E-state index contributed by atoms with van der Waals surface area (Å²) in [6.45, 7) is 1.19. The van der Waals surface area contributed by atoms with Gasteiger partial charge in [0.25, 0.3) is 0 Å². The number of carbonyl (C=O) groups excluding carboxylic acids is 2. The summed E-state index contributed by atoms with van der Waals surface area (Å²) in [6.07, 6.45) is 0.0131. The quantitative estimate of drug-likeness (QED) is 0.375. The van der Waals surface area contributed by atoms with Crippen molar-refractivity contribution in [2.45, 2.75) is 24.6 Å². The van der Waals surface area contributed by atoms with Crippen LogP contribution in [0, 0.1) is 0 Å². The molecule has 9 nitrogen and oxygen atoms in total. The molecule has 0 fully saturated rings. The van der Waals surface area contributed by atoms with Gasteiger partial charge >= 0.3 is 5.97 Å². The number of nitrogens with two attached hydrogens (primary N) is 1. The monoisotopic (exact) mass is 295 g/mol. The fourth-order valence-corrected chi connectivity index (χ4v) is 1.87. The molecule has 5 N–H and O–H groups in total. The van der Waals surface area contributed by atoms with Gasteiger partial charge < -0.3 is 21.5 Å². The topological polar surface area (TPSA) is 156 Å². The van der Waals surface area contributed by atoms with E-state index in [1.54, 1.807) is 0 Å². The lowest BCUT2D eigenvalue weighted by Crippen LogP contribution is -2.45. The summed E-state index contributed by atoms with van der Waals surface area (Å²) in [5, 5.41) is 11.3. The van der Waals surface area contributed by atoms with E-state index in [-0.39, 0.29) is 6.67 Å². The zero-order valence-corrected chi connectivity index (χ0v) is 11.4. The van der Waals surface area contributed by atoms with Crippen LogP contribution in [0.5, 0.6) is 0 Å². The number of carboxylic acids is 1. The Labute approximate surface area is 110 Å². The van der Waals surface area contributed by atoms with Crippen molar-refractivity contribution >= 4 is 27.6 Å². The van der Waals surface area contributed by atoms with Crippen LogP contribution in [0.25, 0.3) is 0 Å². The summed E-state index contributed by atoms with van der Waals surface area (Å²) in [5.41, 5.74) is 5.25. The summed E-state index contributed by atoms with van der Waals surface area (Å²) >= 11 is 0. The second kappa shape index (κ2) is 7.04. The molecule has 19 heavy (non-hydrogen) atoms. The van der Waals surface area contributed by atoms with Gasteiger partial charge in [0.1, 0.15) is 0 Å². The van der Waals surface area contributed by atoms with Crippen LogP contribution in [0.15, 0.2) is 0 Å². The highest BCUT2D eigenvalue weighted by Crippen LogP contribution is 2.04. The molecule has 0 rings (SSSR count). The van der Waals surface area contributed by atoms with Gasteiger partial charge in [0, 0.05) is 6.26 Å². The Morgan fingerprint density at radius 1 is 1.26 bits per heavy atom. The van der Waals surface area contributed by atoms with Gasteiger partial charge in [-0.05, 0) is 6.92 Å². The average molecular weight is 295 g/mol. The van der Waals surface area contributed by atoms with Gasteiger partial charge in [-0.2, -0.15) is 0 Å². The molecule has 0 heterocycles. The summed E-state index contributed by atoms with van der Waals surface area (Å²) in [7, 11) is -3.88. The van der Waals surface area contributed by atoms with Gasteiger partial charge in [0.05, 0.1) is 19.1 Å². The van der Waals surface area contributed by atoms with E-state index in [1.165, 1.54) is 6.92 Å². The second-order valence-corrected chi connectivity index (χ2v) is 6.20. The van der Waals surface area contributed by atoms with E-state index in [4.69, 9.17) is 10.8 Å². The van der Waals surface area contributed by atoms with Gasteiger partial charge in [0.15, 0.2) is 15.1 Å². The first-order valence-corrected chi connectivity index (χ1v) is 7.22. The first kappa shape index (κ1) is 17.3. The first-order valence-electron chi connectivity index (χ1n) is 5.27. The lowest BCUT2D eigenvalue weighted by atomic mass is 10.3. The molecule has 0 aromatic rings. The fourth-order valence-electron chi connectivity index (χ4n) is 1.05. The van der Waals surface area contributed by atoms with E-state index in [2.05, 4.69) is 10.6 Å². The van der Waals surface area contributed by atoms with Gasteiger partial charge in [-0.25, -0.2) is 8.42 Å². The Hall–Kier alpha value is -1.68. The molecule has 0 saturated heterocycles. The lowest BCUT2D eigenvalue weighted by Gasteiger charge is -2.12. The molecule has 0 bridgehead atoms. The number of nitrogens with one attached hydrogen (secondary N) is 2. The molecule has 0 aromatic heterocycles. The molecular weight excluding hydrogens is 278 g/mol. The predicted molar refractivity (Wildman–Crippen MR) is 65.7 cm³/mol. The van der Waals surface area contributed by atoms with Crippen LogP contribution in [0.2, 0.25) is 0 Å². The largest absolute Gasteiger partial charge is 0.480 e. The van der Waals surface area contributed by atoms with Gasteiger partial charge in [-0.1, -0.05) is 0 Å². The third-order valence-electron chi connectivity index (χ3n) is 2.12. The van der Waals surface area contributed by atoms with Crippen molar-refractivity contribution in [1.82, 2.24) is 10.6 Å². The first-order chi connectivity index (χ1) is 8.55. The predicted octanol–water partition coefficient (Wildman–Crippen LogP) is -2.59. The van der Waals surface area contributed by atoms with E-state index in [1.807, 2.05) is 0 Å². The minimum atomic E-state index is -3.88. The molecule has 2 unspecified atom stereocenters. The molecule has 110 valence electrons. The number of amides is 2. The average Bonchev–Trinajstić information content (AvgIpc) is 2.23. The van der Waals surface area contributed by atoms with Crippen LogP contribution in [0.1, 0.15) is 13.3 Å². The molecule has 0 aliphatic carbocycles. The Kier molecular flexibility index (Phi) is 6.42. The Bertz CT molecular complexity index is 459. The molecule has 0 radical (unpaired) electrons. The van der Waals surface area contributed by atoms with Gasteiger partial charge in [0.2, 0.25) is 11.8 Å². The number of rotatable bonds is 7. The third-order valence-corrected chi connectivity index (χ3v) is 3.53. The number of aliphatic carboxylic acids is 1. The van der Waals surface area contributed by atoms with Crippen molar-refractivity contribution in [2.75, 3.05) is 12.9 Å².